The van der Waals surface area contributed by atoms with Crippen molar-refractivity contribution in [2.24, 2.45) is 34.5 Å². The van der Waals surface area contributed by atoms with Crippen molar-refractivity contribution in [2.75, 3.05) is 0 Å². The van der Waals surface area contributed by atoms with Crippen molar-refractivity contribution in [2.45, 2.75) is 74.8 Å². The van der Waals surface area contributed by atoms with E-state index < -0.39 is 0 Å². The van der Waals surface area contributed by atoms with E-state index in [4.69, 9.17) is 4.74 Å². The van der Waals surface area contributed by atoms with E-state index >= 15 is 0 Å². The summed E-state index contributed by atoms with van der Waals surface area (Å²) in [5, 5.41) is 0. The lowest BCUT2D eigenvalue weighted by Crippen LogP contribution is -2.51. The molecular weight excluding hydrogens is 248 g/mol. The molecule has 0 bridgehead atoms. The summed E-state index contributed by atoms with van der Waals surface area (Å²) in [6.45, 7) is 20.2. The largest absolute Gasteiger partial charge is 0.462 e. The number of carbonyl (C=O) groups excluding carboxylic acids is 1. The van der Waals surface area contributed by atoms with Crippen molar-refractivity contribution in [1.82, 2.24) is 0 Å². The molecule has 0 N–H and O–H groups in total. The monoisotopic (exact) mass is 282 g/mol. The van der Waals surface area contributed by atoms with Crippen LogP contribution in [0.25, 0.3) is 0 Å². The Morgan fingerprint density at radius 2 is 1.40 bits per heavy atom. The van der Waals surface area contributed by atoms with E-state index in [0.29, 0.717) is 23.7 Å². The zero-order valence-corrected chi connectivity index (χ0v) is 14.9. The average molecular weight is 282 g/mol. The van der Waals surface area contributed by atoms with Gasteiger partial charge in [-0.3, -0.25) is 4.79 Å². The number of hydrogen-bond donors (Lipinski definition) is 0. The quantitative estimate of drug-likeness (QED) is 0.638. The van der Waals surface area contributed by atoms with Crippen LogP contribution in [0.1, 0.15) is 68.7 Å². The second-order valence-corrected chi connectivity index (χ2v) is 9.00. The molecule has 0 aliphatic heterocycles. The molecule has 1 fully saturated rings. The molecule has 0 spiro atoms. The highest BCUT2D eigenvalue weighted by Gasteiger charge is 2.50. The maximum Gasteiger partial charge on any atom is 0.302 e. The minimum atomic E-state index is -0.143. The van der Waals surface area contributed by atoms with Gasteiger partial charge < -0.3 is 4.74 Å². The van der Waals surface area contributed by atoms with Crippen LogP contribution in [-0.4, -0.2) is 12.1 Å². The lowest BCUT2D eigenvalue weighted by Gasteiger charge is -2.54. The Balaban J connectivity index is 3.15. The molecule has 0 aromatic rings. The van der Waals surface area contributed by atoms with E-state index in [0.717, 1.165) is 6.42 Å². The highest BCUT2D eigenvalue weighted by atomic mass is 16.5. The zero-order valence-electron chi connectivity index (χ0n) is 14.9. The summed E-state index contributed by atoms with van der Waals surface area (Å²) in [6.07, 6.45) is 1.07. The highest BCUT2D eigenvalue weighted by Crippen LogP contribution is 2.54. The van der Waals surface area contributed by atoms with Crippen molar-refractivity contribution in [3.63, 3.8) is 0 Å². The average Bonchev–Trinajstić information content (AvgIpc) is 2.17. The third-order valence-electron chi connectivity index (χ3n) is 5.07. The van der Waals surface area contributed by atoms with Crippen LogP contribution in [0.15, 0.2) is 0 Å². The predicted octanol–water partition coefficient (Wildman–Crippen LogP) is 4.92. The fraction of sp³-hybridized carbons (Fsp3) is 0.944. The van der Waals surface area contributed by atoms with E-state index in [1.807, 2.05) is 0 Å². The van der Waals surface area contributed by atoms with Crippen molar-refractivity contribution in [1.29, 1.82) is 0 Å². The summed E-state index contributed by atoms with van der Waals surface area (Å²) < 4.78 is 5.62. The van der Waals surface area contributed by atoms with Crippen LogP contribution < -0.4 is 0 Å². The Labute approximate surface area is 125 Å². The van der Waals surface area contributed by atoms with Crippen LogP contribution >= 0.6 is 0 Å². The maximum atomic E-state index is 11.4. The third-order valence-corrected chi connectivity index (χ3v) is 5.07. The Morgan fingerprint density at radius 3 is 1.75 bits per heavy atom. The minimum Gasteiger partial charge on any atom is -0.462 e. The summed E-state index contributed by atoms with van der Waals surface area (Å²) in [5.74, 6) is 2.08. The number of rotatable bonds is 1. The smallest absolute Gasteiger partial charge is 0.302 e. The molecular formula is C18H34O2. The molecule has 20 heavy (non-hydrogen) atoms. The van der Waals surface area contributed by atoms with Gasteiger partial charge in [0, 0.05) is 6.92 Å². The zero-order chi connectivity index (χ0) is 15.9. The van der Waals surface area contributed by atoms with Crippen molar-refractivity contribution >= 4 is 5.97 Å². The van der Waals surface area contributed by atoms with Crippen LogP contribution in [0.2, 0.25) is 0 Å². The van der Waals surface area contributed by atoms with E-state index in [2.05, 4.69) is 55.4 Å². The topological polar surface area (TPSA) is 26.3 Å². The number of hydrogen-bond acceptors (Lipinski definition) is 2. The summed E-state index contributed by atoms with van der Waals surface area (Å²) in [5.41, 5.74) is 0.511. The number of ether oxygens (including phenoxy) is 1. The van der Waals surface area contributed by atoms with E-state index in [1.165, 1.54) is 6.92 Å². The molecule has 1 aliphatic rings. The number of carbonyl (C=O) groups is 1. The maximum absolute atomic E-state index is 11.4. The van der Waals surface area contributed by atoms with Crippen LogP contribution in [0.5, 0.6) is 0 Å². The molecule has 118 valence electrons. The first-order chi connectivity index (χ1) is 8.85. The first kappa shape index (κ1) is 17.5. The summed E-state index contributed by atoms with van der Waals surface area (Å²) in [4.78, 5) is 11.4. The Bertz CT molecular complexity index is 345. The van der Waals surface area contributed by atoms with Gasteiger partial charge in [0.15, 0.2) is 0 Å². The van der Waals surface area contributed by atoms with Crippen LogP contribution in [-0.2, 0) is 9.53 Å². The molecule has 0 saturated heterocycles. The SMILES string of the molecule is CC(=O)OC1CC(C)C(C(C)(C)C)C(C(C)(C)C)C1C. The lowest BCUT2D eigenvalue weighted by atomic mass is 9.52. The Kier molecular flexibility index (Phi) is 4.99. The molecule has 5 unspecified atom stereocenters. The van der Waals surface area contributed by atoms with Gasteiger partial charge in [0.1, 0.15) is 6.10 Å². The van der Waals surface area contributed by atoms with Crippen LogP contribution in [0.4, 0.5) is 0 Å². The van der Waals surface area contributed by atoms with Crippen LogP contribution in [0.3, 0.4) is 0 Å². The summed E-state index contributed by atoms with van der Waals surface area (Å²) >= 11 is 0. The molecule has 2 heteroatoms. The molecule has 1 saturated carbocycles. The van der Waals surface area contributed by atoms with Gasteiger partial charge in [0.2, 0.25) is 0 Å². The molecule has 0 radical (unpaired) electrons. The number of esters is 1. The van der Waals surface area contributed by atoms with Crippen molar-refractivity contribution in [3.05, 3.63) is 0 Å². The van der Waals surface area contributed by atoms with Gasteiger partial charge in [-0.1, -0.05) is 55.4 Å². The van der Waals surface area contributed by atoms with E-state index in [9.17, 15) is 4.79 Å². The van der Waals surface area contributed by atoms with Gasteiger partial charge in [0.05, 0.1) is 0 Å². The van der Waals surface area contributed by atoms with Crippen LogP contribution in [0, 0.1) is 34.5 Å². The molecule has 0 amide bonds. The minimum absolute atomic E-state index is 0.0744. The normalized spacial score (nSPS) is 35.8. The van der Waals surface area contributed by atoms with E-state index in [1.54, 1.807) is 0 Å². The first-order valence-electron chi connectivity index (χ1n) is 8.03. The van der Waals surface area contributed by atoms with Gasteiger partial charge in [0.25, 0.3) is 0 Å². The van der Waals surface area contributed by atoms with Crippen molar-refractivity contribution < 1.29 is 9.53 Å². The molecule has 5 atom stereocenters. The third kappa shape index (κ3) is 3.77. The second kappa shape index (κ2) is 5.69. The molecule has 0 aromatic heterocycles. The molecule has 1 rings (SSSR count). The van der Waals surface area contributed by atoms with Crippen molar-refractivity contribution in [3.8, 4) is 0 Å². The standard InChI is InChI=1S/C18H34O2/c1-11-10-14(20-13(3)19)12(2)16(18(7,8)9)15(11)17(4,5)6/h11-12,14-16H,10H2,1-9H3. The van der Waals surface area contributed by atoms with Gasteiger partial charge >= 0.3 is 5.97 Å². The van der Waals surface area contributed by atoms with E-state index in [-0.39, 0.29) is 22.9 Å². The van der Waals surface area contributed by atoms with Gasteiger partial charge in [-0.15, -0.1) is 0 Å². The highest BCUT2D eigenvalue weighted by molar-refractivity contribution is 5.66. The summed E-state index contributed by atoms with van der Waals surface area (Å²) in [7, 11) is 0. The Hall–Kier alpha value is -0.530. The lowest BCUT2D eigenvalue weighted by molar-refractivity contribution is -0.163. The van der Waals surface area contributed by atoms with Gasteiger partial charge in [-0.2, -0.15) is 0 Å². The van der Waals surface area contributed by atoms with Gasteiger partial charge in [-0.25, -0.2) is 0 Å². The molecule has 0 aromatic carbocycles. The first-order valence-corrected chi connectivity index (χ1v) is 8.03. The molecule has 2 nitrogen and oxygen atoms in total. The second-order valence-electron chi connectivity index (χ2n) is 9.00. The summed E-state index contributed by atoms with van der Waals surface area (Å²) in [6, 6.07) is 0. The molecule has 0 heterocycles. The fourth-order valence-corrected chi connectivity index (χ4v) is 4.73. The predicted molar refractivity (Wildman–Crippen MR) is 84.4 cm³/mol. The Morgan fingerprint density at radius 1 is 0.950 bits per heavy atom. The van der Waals surface area contributed by atoms with Gasteiger partial charge in [-0.05, 0) is 40.9 Å². The molecule has 1 aliphatic carbocycles. The fourth-order valence-electron chi connectivity index (χ4n) is 4.73.